The van der Waals surface area contributed by atoms with Crippen LogP contribution in [-0.2, 0) is 9.53 Å². The van der Waals surface area contributed by atoms with Gasteiger partial charge in [-0.05, 0) is 6.26 Å². The van der Waals surface area contributed by atoms with Crippen LogP contribution in [0, 0.1) is 5.41 Å². The quantitative estimate of drug-likeness (QED) is 0.615. The summed E-state index contributed by atoms with van der Waals surface area (Å²) >= 11 is 1.43. The summed E-state index contributed by atoms with van der Waals surface area (Å²) in [6.07, 6.45) is 1.87. The summed E-state index contributed by atoms with van der Waals surface area (Å²) in [6.45, 7) is 5.70. The Labute approximate surface area is 72.7 Å². The zero-order chi connectivity index (χ0) is 9.07. The number of carbonyl (C=O) groups is 1. The molecule has 0 heterocycles. The van der Waals surface area contributed by atoms with E-state index in [1.807, 2.05) is 27.0 Å². The summed E-state index contributed by atoms with van der Waals surface area (Å²) in [6, 6.07) is 0. The fraction of sp³-hybridized carbons (Fsp3) is 0.875. The van der Waals surface area contributed by atoms with Crippen LogP contribution < -0.4 is 0 Å². The zero-order valence-electron chi connectivity index (χ0n) is 7.80. The molecule has 2 nitrogen and oxygen atoms in total. The van der Waals surface area contributed by atoms with Crippen molar-refractivity contribution in [2.75, 3.05) is 13.4 Å². The van der Waals surface area contributed by atoms with Crippen molar-refractivity contribution in [3.63, 3.8) is 0 Å². The number of thioether (sulfide) groups is 1. The van der Waals surface area contributed by atoms with Crippen molar-refractivity contribution in [2.24, 2.45) is 5.41 Å². The molecule has 66 valence electrons. The van der Waals surface area contributed by atoms with E-state index in [4.69, 9.17) is 4.74 Å². The van der Waals surface area contributed by atoms with Crippen LogP contribution in [0.25, 0.3) is 0 Å². The second-order valence-corrected chi connectivity index (χ2v) is 4.32. The van der Waals surface area contributed by atoms with Gasteiger partial charge in [-0.1, -0.05) is 20.8 Å². The SMILES string of the molecule is COC(SC)C(=O)C(C)(C)C. The molecule has 0 rings (SSSR count). The normalized spacial score (nSPS) is 14.6. The number of Topliss-reactive ketones (excluding diaryl/α,β-unsaturated/α-hetero) is 1. The minimum absolute atomic E-state index is 0.146. The molecule has 0 saturated heterocycles. The first-order valence-electron chi connectivity index (χ1n) is 3.53. The Bertz CT molecular complexity index is 134. The molecule has 0 saturated carbocycles. The summed E-state index contributed by atoms with van der Waals surface area (Å²) in [5.41, 5.74) is -0.612. The van der Waals surface area contributed by atoms with Crippen molar-refractivity contribution in [2.45, 2.75) is 26.2 Å². The van der Waals surface area contributed by atoms with Crippen molar-refractivity contribution in [1.82, 2.24) is 0 Å². The summed E-state index contributed by atoms with van der Waals surface area (Å²) in [4.78, 5) is 11.5. The smallest absolute Gasteiger partial charge is 0.177 e. The molecule has 11 heavy (non-hydrogen) atoms. The van der Waals surface area contributed by atoms with Gasteiger partial charge in [0.2, 0.25) is 0 Å². The molecule has 0 fully saturated rings. The number of rotatable bonds is 3. The van der Waals surface area contributed by atoms with E-state index in [9.17, 15) is 4.79 Å². The van der Waals surface area contributed by atoms with Crippen LogP contribution in [-0.4, -0.2) is 24.6 Å². The molecule has 0 aromatic heterocycles. The first kappa shape index (κ1) is 11.0. The van der Waals surface area contributed by atoms with Gasteiger partial charge in [-0.2, -0.15) is 0 Å². The van der Waals surface area contributed by atoms with E-state index in [1.54, 1.807) is 7.11 Å². The number of methoxy groups -OCH3 is 1. The van der Waals surface area contributed by atoms with Crippen LogP contribution in [0.5, 0.6) is 0 Å². The first-order chi connectivity index (χ1) is 4.93. The number of ether oxygens (including phenoxy) is 1. The Morgan fingerprint density at radius 1 is 1.45 bits per heavy atom. The van der Waals surface area contributed by atoms with Gasteiger partial charge in [-0.3, -0.25) is 4.79 Å². The standard InChI is InChI=1S/C8H16O2S/c1-8(2,3)6(9)7(10-4)11-5/h7H,1-5H3. The maximum Gasteiger partial charge on any atom is 0.177 e. The van der Waals surface area contributed by atoms with E-state index in [-0.39, 0.29) is 16.6 Å². The van der Waals surface area contributed by atoms with Crippen LogP contribution >= 0.6 is 11.8 Å². The van der Waals surface area contributed by atoms with Gasteiger partial charge in [-0.25, -0.2) is 0 Å². The molecule has 0 bridgehead atoms. The van der Waals surface area contributed by atoms with Gasteiger partial charge in [0.1, 0.15) is 0 Å². The maximum absolute atomic E-state index is 11.5. The fourth-order valence-electron chi connectivity index (χ4n) is 0.664. The highest BCUT2D eigenvalue weighted by atomic mass is 32.2. The van der Waals surface area contributed by atoms with Crippen molar-refractivity contribution >= 4 is 17.5 Å². The lowest BCUT2D eigenvalue weighted by atomic mass is 9.91. The van der Waals surface area contributed by atoms with Crippen molar-refractivity contribution in [3.05, 3.63) is 0 Å². The van der Waals surface area contributed by atoms with E-state index in [0.717, 1.165) is 0 Å². The Hall–Kier alpha value is -0.0200. The summed E-state index contributed by atoms with van der Waals surface area (Å²) < 4.78 is 5.00. The molecule has 0 aliphatic heterocycles. The average molecular weight is 176 g/mol. The number of hydrogen-bond donors (Lipinski definition) is 0. The second-order valence-electron chi connectivity index (χ2n) is 3.42. The van der Waals surface area contributed by atoms with Crippen LogP contribution in [0.15, 0.2) is 0 Å². The van der Waals surface area contributed by atoms with Gasteiger partial charge >= 0.3 is 0 Å². The molecule has 0 aliphatic carbocycles. The van der Waals surface area contributed by atoms with Crippen LogP contribution in [0.1, 0.15) is 20.8 Å². The van der Waals surface area contributed by atoms with E-state index in [0.29, 0.717) is 0 Å². The Morgan fingerprint density at radius 3 is 2.00 bits per heavy atom. The predicted octanol–water partition coefficient (Wildman–Crippen LogP) is 1.94. The first-order valence-corrected chi connectivity index (χ1v) is 4.82. The van der Waals surface area contributed by atoms with E-state index in [2.05, 4.69) is 0 Å². The summed E-state index contributed by atoms with van der Waals surface area (Å²) in [5.74, 6) is 0.146. The lowest BCUT2D eigenvalue weighted by Crippen LogP contribution is -2.31. The predicted molar refractivity (Wildman–Crippen MR) is 48.8 cm³/mol. The largest absolute Gasteiger partial charge is 0.363 e. The van der Waals surface area contributed by atoms with Crippen LogP contribution in [0.2, 0.25) is 0 Å². The van der Waals surface area contributed by atoms with Crippen LogP contribution in [0.4, 0.5) is 0 Å². The minimum atomic E-state index is -0.310. The molecule has 3 heteroatoms. The Kier molecular flexibility index (Phi) is 4.11. The third-order valence-electron chi connectivity index (χ3n) is 1.38. The Balaban J connectivity index is 4.22. The molecule has 1 unspecified atom stereocenters. The molecular weight excluding hydrogens is 160 g/mol. The number of carbonyl (C=O) groups excluding carboxylic acids is 1. The summed E-state index contributed by atoms with van der Waals surface area (Å²) in [7, 11) is 1.56. The van der Waals surface area contributed by atoms with Gasteiger partial charge in [0.15, 0.2) is 11.2 Å². The number of hydrogen-bond acceptors (Lipinski definition) is 3. The molecule has 0 radical (unpaired) electrons. The molecule has 0 spiro atoms. The third-order valence-corrected chi connectivity index (χ3v) is 2.22. The van der Waals surface area contributed by atoms with E-state index in [1.165, 1.54) is 11.8 Å². The van der Waals surface area contributed by atoms with Crippen molar-refractivity contribution in [1.29, 1.82) is 0 Å². The Morgan fingerprint density at radius 2 is 1.91 bits per heavy atom. The molecule has 0 N–H and O–H groups in total. The molecule has 0 amide bonds. The minimum Gasteiger partial charge on any atom is -0.363 e. The maximum atomic E-state index is 11.5. The highest BCUT2D eigenvalue weighted by molar-refractivity contribution is 7.99. The molecule has 0 aromatic rings. The van der Waals surface area contributed by atoms with Gasteiger partial charge in [0, 0.05) is 12.5 Å². The lowest BCUT2D eigenvalue weighted by Gasteiger charge is -2.21. The monoisotopic (exact) mass is 176 g/mol. The molecule has 0 aliphatic rings. The lowest BCUT2D eigenvalue weighted by molar-refractivity contribution is -0.131. The highest BCUT2D eigenvalue weighted by Gasteiger charge is 2.28. The second kappa shape index (κ2) is 4.12. The zero-order valence-corrected chi connectivity index (χ0v) is 8.62. The fourth-order valence-corrected chi connectivity index (χ4v) is 1.42. The highest BCUT2D eigenvalue weighted by Crippen LogP contribution is 2.22. The van der Waals surface area contributed by atoms with Gasteiger partial charge in [0.05, 0.1) is 0 Å². The molecular formula is C8H16O2S. The molecule has 1 atom stereocenters. The van der Waals surface area contributed by atoms with Crippen molar-refractivity contribution in [3.8, 4) is 0 Å². The van der Waals surface area contributed by atoms with E-state index >= 15 is 0 Å². The van der Waals surface area contributed by atoms with Gasteiger partial charge in [0.25, 0.3) is 0 Å². The summed E-state index contributed by atoms with van der Waals surface area (Å²) in [5, 5.41) is 0. The van der Waals surface area contributed by atoms with E-state index < -0.39 is 0 Å². The molecule has 0 aromatic carbocycles. The van der Waals surface area contributed by atoms with Crippen molar-refractivity contribution < 1.29 is 9.53 Å². The van der Waals surface area contributed by atoms with Crippen LogP contribution in [0.3, 0.4) is 0 Å². The topological polar surface area (TPSA) is 26.3 Å². The average Bonchev–Trinajstić information content (AvgIpc) is 1.88. The third kappa shape index (κ3) is 3.25. The van der Waals surface area contributed by atoms with Gasteiger partial charge < -0.3 is 4.74 Å². The number of ketones is 1. The van der Waals surface area contributed by atoms with Gasteiger partial charge in [-0.15, -0.1) is 11.8 Å².